The Balaban J connectivity index is 1.64. The van der Waals surface area contributed by atoms with E-state index in [0.29, 0.717) is 29.6 Å². The van der Waals surface area contributed by atoms with Gasteiger partial charge in [0.25, 0.3) is 0 Å². The number of hydrogen-bond acceptors (Lipinski definition) is 6. The summed E-state index contributed by atoms with van der Waals surface area (Å²) in [4.78, 5) is 17.7. The molecule has 7 nitrogen and oxygen atoms in total. The van der Waals surface area contributed by atoms with E-state index in [0.717, 1.165) is 37.0 Å². The number of ether oxygens (including phenoxy) is 1. The smallest absolute Gasteiger partial charge is 0.419 e. The summed E-state index contributed by atoms with van der Waals surface area (Å²) < 4.78 is 61.6. The number of pyridine rings is 1. The van der Waals surface area contributed by atoms with Crippen LogP contribution in [0.25, 0.3) is 22.7 Å². The van der Waals surface area contributed by atoms with Crippen molar-refractivity contribution >= 4 is 11.2 Å². The van der Waals surface area contributed by atoms with Crippen molar-refractivity contribution in [1.29, 1.82) is 5.26 Å². The van der Waals surface area contributed by atoms with Crippen molar-refractivity contribution < 1.29 is 22.3 Å². The molecule has 1 aromatic carbocycles. The number of nitrogens with zero attached hydrogens (tertiary/aromatic N) is 6. The lowest BCUT2D eigenvalue weighted by Crippen LogP contribution is -2.15. The minimum Gasteiger partial charge on any atom is -0.476 e. The van der Waals surface area contributed by atoms with Gasteiger partial charge >= 0.3 is 6.18 Å². The standard InChI is InChI=1S/C28H26F4N6O/c1-16(2)19-8-10-34-22(13-19)26-37-25-24(27(36-23(14-33)35-25)39-11-9-17-4-3-5-17)38(26)15-18-6-7-20(21(29)12-18)28(30,31)32/h6-8,10,12-13,16-17H,3-5,9,11,15H2,1-2H3. The van der Waals surface area contributed by atoms with Crippen LogP contribution >= 0.6 is 0 Å². The highest BCUT2D eigenvalue weighted by atomic mass is 19.4. The van der Waals surface area contributed by atoms with Gasteiger partial charge in [0.15, 0.2) is 17.0 Å². The average Bonchev–Trinajstić information content (AvgIpc) is 3.22. The Morgan fingerprint density at radius 3 is 2.56 bits per heavy atom. The predicted molar refractivity (Wildman–Crippen MR) is 135 cm³/mol. The Kier molecular flexibility index (Phi) is 7.21. The molecular weight excluding hydrogens is 512 g/mol. The Hall–Kier alpha value is -4.07. The van der Waals surface area contributed by atoms with Gasteiger partial charge < -0.3 is 9.30 Å². The molecule has 0 amide bonds. The normalized spacial score (nSPS) is 14.0. The molecule has 0 radical (unpaired) electrons. The maximum absolute atomic E-state index is 14.5. The van der Waals surface area contributed by atoms with E-state index in [2.05, 4.69) is 19.9 Å². The Bertz CT molecular complexity index is 1550. The summed E-state index contributed by atoms with van der Waals surface area (Å²) in [6.07, 6.45) is 1.16. The molecule has 1 saturated carbocycles. The molecule has 0 atom stereocenters. The van der Waals surface area contributed by atoms with Crippen molar-refractivity contribution in [3.05, 3.63) is 64.9 Å². The molecule has 0 unspecified atom stereocenters. The van der Waals surface area contributed by atoms with Crippen LogP contribution in [0.1, 0.15) is 68.0 Å². The number of imidazole rings is 1. The Morgan fingerprint density at radius 2 is 1.92 bits per heavy atom. The first-order valence-corrected chi connectivity index (χ1v) is 12.8. The topological polar surface area (TPSA) is 89.5 Å². The molecule has 0 aliphatic heterocycles. The van der Waals surface area contributed by atoms with Crippen LogP contribution in [0.15, 0.2) is 36.5 Å². The van der Waals surface area contributed by atoms with E-state index in [4.69, 9.17) is 4.74 Å². The molecule has 1 aliphatic rings. The number of hydrogen-bond donors (Lipinski definition) is 0. The minimum atomic E-state index is -4.81. The molecule has 0 saturated heterocycles. The summed E-state index contributed by atoms with van der Waals surface area (Å²) in [5, 5.41) is 9.52. The molecule has 39 heavy (non-hydrogen) atoms. The number of benzene rings is 1. The maximum atomic E-state index is 14.5. The van der Waals surface area contributed by atoms with E-state index in [1.807, 2.05) is 32.0 Å². The van der Waals surface area contributed by atoms with Crippen molar-refractivity contribution in [2.24, 2.45) is 5.92 Å². The van der Waals surface area contributed by atoms with Crippen LogP contribution in [-0.2, 0) is 12.7 Å². The Morgan fingerprint density at radius 1 is 1.13 bits per heavy atom. The predicted octanol–water partition coefficient (Wildman–Crippen LogP) is 6.66. The lowest BCUT2D eigenvalue weighted by Gasteiger charge is -2.24. The fourth-order valence-corrected chi connectivity index (χ4v) is 4.61. The molecule has 4 aromatic rings. The summed E-state index contributed by atoms with van der Waals surface area (Å²) in [5.74, 6) is -0.226. The molecule has 0 N–H and O–H groups in total. The van der Waals surface area contributed by atoms with Gasteiger partial charge in [0, 0.05) is 6.20 Å². The molecular formula is C28H26F4N6O. The third-order valence-corrected chi connectivity index (χ3v) is 7.02. The summed E-state index contributed by atoms with van der Waals surface area (Å²) in [6.45, 7) is 4.39. The number of rotatable bonds is 8. The fourth-order valence-electron chi connectivity index (χ4n) is 4.61. The first-order valence-electron chi connectivity index (χ1n) is 12.8. The molecule has 11 heteroatoms. The highest BCUT2D eigenvalue weighted by molar-refractivity contribution is 5.81. The summed E-state index contributed by atoms with van der Waals surface area (Å²) in [6, 6.07) is 8.48. The van der Waals surface area contributed by atoms with Crippen LogP contribution in [0.3, 0.4) is 0 Å². The van der Waals surface area contributed by atoms with Gasteiger partial charge in [-0.25, -0.2) is 9.37 Å². The lowest BCUT2D eigenvalue weighted by molar-refractivity contribution is -0.140. The second-order valence-corrected chi connectivity index (χ2v) is 10.0. The second kappa shape index (κ2) is 10.6. The van der Waals surface area contributed by atoms with Gasteiger partial charge in [-0.1, -0.05) is 39.2 Å². The highest BCUT2D eigenvalue weighted by Gasteiger charge is 2.34. The number of fused-ring (bicyclic) bond motifs is 1. The number of aromatic nitrogens is 5. The van der Waals surface area contributed by atoms with Crippen LogP contribution in [0.4, 0.5) is 17.6 Å². The molecule has 202 valence electrons. The molecule has 0 bridgehead atoms. The van der Waals surface area contributed by atoms with Crippen LogP contribution in [0.2, 0.25) is 0 Å². The first-order chi connectivity index (χ1) is 18.6. The van der Waals surface area contributed by atoms with Gasteiger partial charge in [-0.05, 0) is 53.6 Å². The zero-order chi connectivity index (χ0) is 27.7. The van der Waals surface area contributed by atoms with E-state index < -0.39 is 17.6 Å². The minimum absolute atomic E-state index is 0.0529. The van der Waals surface area contributed by atoms with E-state index in [9.17, 15) is 22.8 Å². The van der Waals surface area contributed by atoms with Gasteiger partial charge in [-0.3, -0.25) is 4.98 Å². The van der Waals surface area contributed by atoms with Gasteiger partial charge in [0.1, 0.15) is 17.6 Å². The van der Waals surface area contributed by atoms with Crippen molar-refractivity contribution in [1.82, 2.24) is 24.5 Å². The average molecular weight is 539 g/mol. The second-order valence-electron chi connectivity index (χ2n) is 10.0. The lowest BCUT2D eigenvalue weighted by atomic mass is 9.83. The first kappa shape index (κ1) is 26.5. The summed E-state index contributed by atoms with van der Waals surface area (Å²) >= 11 is 0. The third-order valence-electron chi connectivity index (χ3n) is 7.02. The van der Waals surface area contributed by atoms with Gasteiger partial charge in [-0.15, -0.1) is 0 Å². The molecule has 0 spiro atoms. The molecule has 3 aromatic heterocycles. The number of nitriles is 1. The fraction of sp³-hybridized carbons (Fsp3) is 0.393. The van der Waals surface area contributed by atoms with E-state index in [1.54, 1.807) is 10.8 Å². The van der Waals surface area contributed by atoms with Crippen molar-refractivity contribution in [2.45, 2.75) is 58.2 Å². The molecule has 1 fully saturated rings. The quantitative estimate of drug-likeness (QED) is 0.233. The van der Waals surface area contributed by atoms with E-state index >= 15 is 0 Å². The Labute approximate surface area is 222 Å². The zero-order valence-electron chi connectivity index (χ0n) is 21.5. The SMILES string of the molecule is CC(C)c1ccnc(-c2nc3nc(C#N)nc(OCCC4CCC4)c3n2Cc2ccc(C(F)(F)F)c(F)c2)c1. The van der Waals surface area contributed by atoms with Crippen molar-refractivity contribution in [3.63, 3.8) is 0 Å². The van der Waals surface area contributed by atoms with Crippen LogP contribution in [-0.4, -0.2) is 31.1 Å². The zero-order valence-corrected chi connectivity index (χ0v) is 21.5. The third kappa shape index (κ3) is 5.55. The van der Waals surface area contributed by atoms with E-state index in [1.165, 1.54) is 12.5 Å². The molecule has 3 heterocycles. The van der Waals surface area contributed by atoms with E-state index in [-0.39, 0.29) is 35.4 Å². The highest BCUT2D eigenvalue weighted by Crippen LogP contribution is 2.34. The number of alkyl halides is 3. The van der Waals surface area contributed by atoms with Crippen LogP contribution < -0.4 is 4.74 Å². The van der Waals surface area contributed by atoms with Gasteiger partial charge in [0.05, 0.1) is 18.7 Å². The molecule has 1 aliphatic carbocycles. The van der Waals surface area contributed by atoms with Gasteiger partial charge in [0.2, 0.25) is 11.7 Å². The monoisotopic (exact) mass is 538 g/mol. The molecule has 5 rings (SSSR count). The van der Waals surface area contributed by atoms with Crippen LogP contribution in [0, 0.1) is 23.1 Å². The maximum Gasteiger partial charge on any atom is 0.419 e. The van der Waals surface area contributed by atoms with Crippen molar-refractivity contribution in [2.75, 3.05) is 6.61 Å². The van der Waals surface area contributed by atoms with Crippen molar-refractivity contribution in [3.8, 4) is 23.5 Å². The number of halogens is 4. The summed E-state index contributed by atoms with van der Waals surface area (Å²) in [7, 11) is 0. The summed E-state index contributed by atoms with van der Waals surface area (Å²) in [5.41, 5.74) is 0.959. The van der Waals surface area contributed by atoms with Gasteiger partial charge in [-0.2, -0.15) is 28.4 Å². The largest absolute Gasteiger partial charge is 0.476 e. The van der Waals surface area contributed by atoms with Crippen LogP contribution in [0.5, 0.6) is 5.88 Å².